The van der Waals surface area contributed by atoms with Crippen molar-refractivity contribution in [3.05, 3.63) is 40.7 Å². The molecular formula is C15H19Cl2O2. The van der Waals surface area contributed by atoms with Gasteiger partial charge in [0.15, 0.2) is 6.29 Å². The summed E-state index contributed by atoms with van der Waals surface area (Å²) in [6, 6.07) is 5.64. The summed E-state index contributed by atoms with van der Waals surface area (Å²) in [4.78, 5) is 0. The molecule has 4 heteroatoms. The lowest BCUT2D eigenvalue weighted by Crippen LogP contribution is -2.23. The standard InChI is InChI=1S/C15H19Cl2O2/c1-11(12-5-6-13(16)14(17)10-12)7-9-19-15-4-2-3-8-18-15/h5-6,10-11,15H,1-4,7-9H2. The van der Waals surface area contributed by atoms with Crippen LogP contribution in [0, 0.1) is 6.92 Å². The van der Waals surface area contributed by atoms with E-state index in [0.29, 0.717) is 16.7 Å². The topological polar surface area (TPSA) is 18.5 Å². The summed E-state index contributed by atoms with van der Waals surface area (Å²) in [6.45, 7) is 5.60. The SMILES string of the molecule is [CH2]C(CCOC1CCCCO1)c1ccc(Cl)c(Cl)c1. The van der Waals surface area contributed by atoms with Crippen molar-refractivity contribution in [3.63, 3.8) is 0 Å². The summed E-state index contributed by atoms with van der Waals surface area (Å²) in [5.41, 5.74) is 1.09. The molecule has 1 heterocycles. The van der Waals surface area contributed by atoms with Gasteiger partial charge in [0.2, 0.25) is 0 Å². The fourth-order valence-corrected chi connectivity index (χ4v) is 2.42. The maximum Gasteiger partial charge on any atom is 0.157 e. The zero-order chi connectivity index (χ0) is 13.7. The van der Waals surface area contributed by atoms with E-state index < -0.39 is 0 Å². The normalized spacial score (nSPS) is 21.3. The quantitative estimate of drug-likeness (QED) is 0.774. The van der Waals surface area contributed by atoms with Crippen LogP contribution in [0.15, 0.2) is 18.2 Å². The van der Waals surface area contributed by atoms with Gasteiger partial charge in [-0.05, 0) is 56.2 Å². The fourth-order valence-electron chi connectivity index (χ4n) is 2.12. The van der Waals surface area contributed by atoms with Crippen LogP contribution in [0.2, 0.25) is 10.0 Å². The Morgan fingerprint density at radius 2 is 2.16 bits per heavy atom. The van der Waals surface area contributed by atoms with Gasteiger partial charge in [0, 0.05) is 6.61 Å². The van der Waals surface area contributed by atoms with Gasteiger partial charge in [-0.3, -0.25) is 0 Å². The molecule has 0 spiro atoms. The first kappa shape index (κ1) is 15.1. The third-order valence-corrected chi connectivity index (χ3v) is 4.06. The summed E-state index contributed by atoms with van der Waals surface area (Å²) >= 11 is 11.9. The number of ether oxygens (including phenoxy) is 2. The van der Waals surface area contributed by atoms with Crippen LogP contribution in [0.25, 0.3) is 0 Å². The molecule has 1 fully saturated rings. The Hall–Kier alpha value is -0.280. The minimum Gasteiger partial charge on any atom is -0.353 e. The molecule has 1 aromatic rings. The van der Waals surface area contributed by atoms with E-state index in [4.69, 9.17) is 32.7 Å². The molecule has 2 unspecified atom stereocenters. The smallest absolute Gasteiger partial charge is 0.157 e. The minimum absolute atomic E-state index is 0.0326. The van der Waals surface area contributed by atoms with Crippen molar-refractivity contribution in [2.45, 2.75) is 37.9 Å². The van der Waals surface area contributed by atoms with E-state index in [-0.39, 0.29) is 12.2 Å². The first-order valence-electron chi connectivity index (χ1n) is 6.68. The van der Waals surface area contributed by atoms with Gasteiger partial charge in [-0.1, -0.05) is 29.3 Å². The summed E-state index contributed by atoms with van der Waals surface area (Å²) < 4.78 is 11.2. The van der Waals surface area contributed by atoms with Gasteiger partial charge in [-0.15, -0.1) is 0 Å². The molecule has 0 bridgehead atoms. The molecule has 0 aliphatic carbocycles. The number of halogens is 2. The van der Waals surface area contributed by atoms with Crippen LogP contribution in [-0.4, -0.2) is 19.5 Å². The Bertz CT molecular complexity index is 403. The number of rotatable bonds is 5. The van der Waals surface area contributed by atoms with Crippen LogP contribution in [-0.2, 0) is 9.47 Å². The van der Waals surface area contributed by atoms with Gasteiger partial charge in [0.25, 0.3) is 0 Å². The molecule has 0 N–H and O–H groups in total. The van der Waals surface area contributed by atoms with Crippen molar-refractivity contribution in [2.24, 2.45) is 0 Å². The Labute approximate surface area is 125 Å². The highest BCUT2D eigenvalue weighted by Crippen LogP contribution is 2.27. The van der Waals surface area contributed by atoms with E-state index in [1.54, 1.807) is 0 Å². The molecule has 0 aromatic heterocycles. The van der Waals surface area contributed by atoms with E-state index >= 15 is 0 Å². The molecular weight excluding hydrogens is 283 g/mol. The average Bonchev–Trinajstić information content (AvgIpc) is 2.43. The van der Waals surface area contributed by atoms with Crippen molar-refractivity contribution in [1.29, 1.82) is 0 Å². The first-order chi connectivity index (χ1) is 9.16. The Balaban J connectivity index is 1.76. The van der Waals surface area contributed by atoms with Gasteiger partial charge >= 0.3 is 0 Å². The van der Waals surface area contributed by atoms with Gasteiger partial charge in [-0.25, -0.2) is 0 Å². The number of hydrogen-bond donors (Lipinski definition) is 0. The van der Waals surface area contributed by atoms with E-state index in [1.165, 1.54) is 6.42 Å². The fraction of sp³-hybridized carbons (Fsp3) is 0.533. The van der Waals surface area contributed by atoms with Crippen molar-refractivity contribution < 1.29 is 9.47 Å². The zero-order valence-corrected chi connectivity index (χ0v) is 12.4. The van der Waals surface area contributed by atoms with Gasteiger partial charge < -0.3 is 9.47 Å². The maximum atomic E-state index is 6.00. The molecule has 1 saturated heterocycles. The van der Waals surface area contributed by atoms with Crippen LogP contribution in [0.1, 0.15) is 37.2 Å². The second-order valence-electron chi connectivity index (χ2n) is 4.83. The predicted molar refractivity (Wildman–Crippen MR) is 78.7 cm³/mol. The minimum atomic E-state index is -0.0326. The first-order valence-corrected chi connectivity index (χ1v) is 7.43. The van der Waals surface area contributed by atoms with Crippen LogP contribution in [0.4, 0.5) is 0 Å². The Morgan fingerprint density at radius 3 is 2.84 bits per heavy atom. The lowest BCUT2D eigenvalue weighted by atomic mass is 9.98. The van der Waals surface area contributed by atoms with Gasteiger partial charge in [0.05, 0.1) is 16.7 Å². The molecule has 2 rings (SSSR count). The lowest BCUT2D eigenvalue weighted by molar-refractivity contribution is -0.162. The predicted octanol–water partition coefficient (Wildman–Crippen LogP) is 4.84. The second-order valence-corrected chi connectivity index (χ2v) is 5.64. The molecule has 1 aliphatic rings. The molecule has 2 atom stereocenters. The van der Waals surface area contributed by atoms with E-state index in [2.05, 4.69) is 6.92 Å². The summed E-state index contributed by atoms with van der Waals surface area (Å²) in [7, 11) is 0. The summed E-state index contributed by atoms with van der Waals surface area (Å²) in [5.74, 6) is 0.151. The maximum absolute atomic E-state index is 6.00. The third-order valence-electron chi connectivity index (χ3n) is 3.32. The van der Waals surface area contributed by atoms with Crippen LogP contribution in [0.3, 0.4) is 0 Å². The second kappa shape index (κ2) is 7.49. The van der Waals surface area contributed by atoms with Crippen molar-refractivity contribution >= 4 is 23.2 Å². The zero-order valence-electron chi connectivity index (χ0n) is 10.9. The van der Waals surface area contributed by atoms with E-state index in [9.17, 15) is 0 Å². The monoisotopic (exact) mass is 301 g/mol. The van der Waals surface area contributed by atoms with E-state index in [1.807, 2.05) is 18.2 Å². The molecule has 1 aliphatic heterocycles. The number of hydrogen-bond acceptors (Lipinski definition) is 2. The Morgan fingerprint density at radius 1 is 1.32 bits per heavy atom. The molecule has 0 saturated carbocycles. The van der Waals surface area contributed by atoms with Crippen LogP contribution < -0.4 is 0 Å². The Kier molecular flexibility index (Phi) is 5.96. The molecule has 105 valence electrons. The highest BCUT2D eigenvalue weighted by Gasteiger charge is 2.15. The van der Waals surface area contributed by atoms with Crippen LogP contribution in [0.5, 0.6) is 0 Å². The molecule has 2 nitrogen and oxygen atoms in total. The molecule has 19 heavy (non-hydrogen) atoms. The van der Waals surface area contributed by atoms with E-state index in [0.717, 1.165) is 31.4 Å². The largest absolute Gasteiger partial charge is 0.353 e. The lowest BCUT2D eigenvalue weighted by Gasteiger charge is -2.23. The summed E-state index contributed by atoms with van der Waals surface area (Å²) in [5, 5.41) is 1.15. The van der Waals surface area contributed by atoms with Crippen molar-refractivity contribution in [2.75, 3.05) is 13.2 Å². The summed E-state index contributed by atoms with van der Waals surface area (Å²) in [6.07, 6.45) is 4.13. The third kappa shape index (κ3) is 4.64. The molecule has 1 radical (unpaired) electrons. The highest BCUT2D eigenvalue weighted by atomic mass is 35.5. The average molecular weight is 302 g/mol. The van der Waals surface area contributed by atoms with Gasteiger partial charge in [-0.2, -0.15) is 0 Å². The number of benzene rings is 1. The van der Waals surface area contributed by atoms with Gasteiger partial charge in [0.1, 0.15) is 0 Å². The highest BCUT2D eigenvalue weighted by molar-refractivity contribution is 6.42. The van der Waals surface area contributed by atoms with Crippen molar-refractivity contribution in [3.8, 4) is 0 Å². The molecule has 1 aromatic carbocycles. The van der Waals surface area contributed by atoms with Crippen LogP contribution >= 0.6 is 23.2 Å². The molecule has 0 amide bonds. The van der Waals surface area contributed by atoms with Crippen molar-refractivity contribution in [1.82, 2.24) is 0 Å².